The zero-order valence-corrected chi connectivity index (χ0v) is 17.4. The Morgan fingerprint density at radius 3 is 2.60 bits per heavy atom. The second-order valence-electron chi connectivity index (χ2n) is 8.30. The number of ether oxygens (including phenoxy) is 1. The molecule has 0 spiro atoms. The second kappa shape index (κ2) is 8.53. The summed E-state index contributed by atoms with van der Waals surface area (Å²) in [5.41, 5.74) is 4.04. The first kappa shape index (κ1) is 19.9. The summed E-state index contributed by atoms with van der Waals surface area (Å²) >= 11 is 0. The van der Waals surface area contributed by atoms with Gasteiger partial charge in [-0.2, -0.15) is 0 Å². The first-order chi connectivity index (χ1) is 14.5. The monoisotopic (exact) mass is 401 g/mol. The van der Waals surface area contributed by atoms with Crippen molar-refractivity contribution in [2.45, 2.75) is 44.9 Å². The summed E-state index contributed by atoms with van der Waals surface area (Å²) < 4.78 is 5.85. The highest BCUT2D eigenvalue weighted by Crippen LogP contribution is 2.26. The molecule has 2 aromatic heterocycles. The molecule has 3 aromatic rings. The Morgan fingerprint density at radius 1 is 1.10 bits per heavy atom. The van der Waals surface area contributed by atoms with E-state index in [9.17, 15) is 0 Å². The van der Waals surface area contributed by atoms with E-state index in [4.69, 9.17) is 9.72 Å². The average Bonchev–Trinajstić information content (AvgIpc) is 2.72. The van der Waals surface area contributed by atoms with Crippen molar-refractivity contribution in [1.29, 1.82) is 0 Å². The smallest absolute Gasteiger partial charge is 0.223 e. The molecule has 0 aliphatic carbocycles. The molecular formula is C24H27N5O. The number of nitrogens with one attached hydrogen (secondary N) is 2. The van der Waals surface area contributed by atoms with Gasteiger partial charge in [0.05, 0.1) is 5.69 Å². The maximum Gasteiger partial charge on any atom is 0.223 e. The number of anilines is 1. The van der Waals surface area contributed by atoms with Crippen LogP contribution in [0.5, 0.6) is 5.75 Å². The molecule has 1 saturated heterocycles. The predicted molar refractivity (Wildman–Crippen MR) is 119 cm³/mol. The molecule has 0 amide bonds. The summed E-state index contributed by atoms with van der Waals surface area (Å²) in [4.78, 5) is 13.1. The highest BCUT2D eigenvalue weighted by Gasteiger charge is 2.29. The summed E-state index contributed by atoms with van der Waals surface area (Å²) in [6, 6.07) is 14.0. The first-order valence-corrected chi connectivity index (χ1v) is 10.1. The number of hydrogen-bond donors (Lipinski definition) is 2. The summed E-state index contributed by atoms with van der Waals surface area (Å²) in [6.07, 6.45) is 7.16. The number of pyridine rings is 1. The number of aromatic nitrogens is 3. The number of nitrogens with zero attached hydrogens (tertiary/aromatic N) is 3. The minimum absolute atomic E-state index is 0.0106. The van der Waals surface area contributed by atoms with Gasteiger partial charge in [-0.3, -0.25) is 4.98 Å². The molecule has 4 rings (SSSR count). The molecule has 0 saturated carbocycles. The van der Waals surface area contributed by atoms with Crippen molar-refractivity contribution < 1.29 is 4.74 Å². The fraction of sp³-hybridized carbons (Fsp3) is 0.292. The molecule has 1 unspecified atom stereocenters. The van der Waals surface area contributed by atoms with E-state index < -0.39 is 0 Å². The fourth-order valence-corrected chi connectivity index (χ4v) is 3.81. The summed E-state index contributed by atoms with van der Waals surface area (Å²) in [5, 5.41) is 6.92. The van der Waals surface area contributed by atoms with Crippen LogP contribution < -0.4 is 15.4 Å². The van der Waals surface area contributed by atoms with Crippen molar-refractivity contribution >= 4 is 5.95 Å². The third-order valence-electron chi connectivity index (χ3n) is 5.06. The van der Waals surface area contributed by atoms with Crippen LogP contribution in [0.3, 0.4) is 0 Å². The van der Waals surface area contributed by atoms with Crippen LogP contribution in [0.1, 0.15) is 32.3 Å². The van der Waals surface area contributed by atoms with Gasteiger partial charge in [0.25, 0.3) is 0 Å². The topological polar surface area (TPSA) is 72.0 Å². The lowest BCUT2D eigenvalue weighted by atomic mass is 9.88. The van der Waals surface area contributed by atoms with Gasteiger partial charge in [0.2, 0.25) is 5.95 Å². The van der Waals surface area contributed by atoms with E-state index >= 15 is 0 Å². The SMILES string of the molecule is C=C1CC(Nc2nccc(-c3ccc(OCc4ccncc4)cc3)n2)CC(C)(C)N1. The van der Waals surface area contributed by atoms with E-state index in [-0.39, 0.29) is 11.6 Å². The summed E-state index contributed by atoms with van der Waals surface area (Å²) in [6.45, 7) is 8.98. The Hall–Kier alpha value is -3.41. The Kier molecular flexibility index (Phi) is 5.65. The third-order valence-corrected chi connectivity index (χ3v) is 5.06. The molecule has 1 aliphatic heterocycles. The van der Waals surface area contributed by atoms with Gasteiger partial charge >= 0.3 is 0 Å². The molecule has 30 heavy (non-hydrogen) atoms. The Morgan fingerprint density at radius 2 is 1.87 bits per heavy atom. The van der Waals surface area contributed by atoms with Crippen LogP contribution in [0.25, 0.3) is 11.3 Å². The van der Waals surface area contributed by atoms with Crippen LogP contribution in [0, 0.1) is 0 Å². The van der Waals surface area contributed by atoms with Gasteiger partial charge in [0.15, 0.2) is 0 Å². The zero-order valence-electron chi connectivity index (χ0n) is 17.4. The minimum Gasteiger partial charge on any atom is -0.489 e. The molecule has 2 N–H and O–H groups in total. The van der Waals surface area contributed by atoms with Crippen molar-refractivity contribution in [3.05, 3.63) is 78.9 Å². The van der Waals surface area contributed by atoms with Crippen molar-refractivity contribution in [2.24, 2.45) is 0 Å². The van der Waals surface area contributed by atoms with Crippen molar-refractivity contribution in [3.63, 3.8) is 0 Å². The number of benzene rings is 1. The number of rotatable bonds is 6. The van der Waals surface area contributed by atoms with E-state index in [1.54, 1.807) is 18.6 Å². The Labute approximate surface area is 177 Å². The molecular weight excluding hydrogens is 374 g/mol. The zero-order chi connectivity index (χ0) is 21.0. The van der Waals surface area contributed by atoms with E-state index in [1.807, 2.05) is 42.5 Å². The van der Waals surface area contributed by atoms with Crippen LogP contribution >= 0.6 is 0 Å². The van der Waals surface area contributed by atoms with E-state index in [1.165, 1.54) is 0 Å². The van der Waals surface area contributed by atoms with Crippen molar-refractivity contribution in [3.8, 4) is 17.0 Å². The highest BCUT2D eigenvalue weighted by molar-refractivity contribution is 5.61. The van der Waals surface area contributed by atoms with Gasteiger partial charge in [-0.15, -0.1) is 0 Å². The summed E-state index contributed by atoms with van der Waals surface area (Å²) in [5.74, 6) is 1.46. The van der Waals surface area contributed by atoms with E-state index in [0.717, 1.165) is 41.1 Å². The van der Waals surface area contributed by atoms with Gasteiger partial charge < -0.3 is 15.4 Å². The second-order valence-corrected chi connectivity index (χ2v) is 8.30. The van der Waals surface area contributed by atoms with Gasteiger partial charge in [0, 0.05) is 47.9 Å². The third kappa shape index (κ3) is 5.14. The highest BCUT2D eigenvalue weighted by atomic mass is 16.5. The van der Waals surface area contributed by atoms with Crippen molar-refractivity contribution in [2.75, 3.05) is 5.32 Å². The normalized spacial score (nSPS) is 17.8. The summed E-state index contributed by atoms with van der Waals surface area (Å²) in [7, 11) is 0. The largest absolute Gasteiger partial charge is 0.489 e. The minimum atomic E-state index is 0.0106. The lowest BCUT2D eigenvalue weighted by Gasteiger charge is -2.38. The molecule has 154 valence electrons. The van der Waals surface area contributed by atoms with E-state index in [0.29, 0.717) is 12.6 Å². The predicted octanol–water partition coefficient (Wildman–Crippen LogP) is 4.57. The molecule has 1 atom stereocenters. The van der Waals surface area contributed by atoms with Gasteiger partial charge in [-0.05, 0) is 68.3 Å². The van der Waals surface area contributed by atoms with Gasteiger partial charge in [-0.25, -0.2) is 9.97 Å². The Bertz CT molecular complexity index is 1000. The van der Waals surface area contributed by atoms with Gasteiger partial charge in [0.1, 0.15) is 12.4 Å². The number of hydrogen-bond acceptors (Lipinski definition) is 6. The van der Waals surface area contributed by atoms with Crippen LogP contribution in [0.4, 0.5) is 5.95 Å². The van der Waals surface area contributed by atoms with Crippen molar-refractivity contribution in [1.82, 2.24) is 20.3 Å². The van der Waals surface area contributed by atoms with Crippen LogP contribution in [-0.4, -0.2) is 26.5 Å². The molecule has 1 fully saturated rings. The maximum atomic E-state index is 5.85. The van der Waals surface area contributed by atoms with Crippen LogP contribution in [0.2, 0.25) is 0 Å². The van der Waals surface area contributed by atoms with Gasteiger partial charge in [-0.1, -0.05) is 6.58 Å². The lowest BCUT2D eigenvalue weighted by molar-refractivity contribution is 0.306. The number of piperidine rings is 1. The van der Waals surface area contributed by atoms with Crippen LogP contribution in [0.15, 0.2) is 73.3 Å². The maximum absolute atomic E-state index is 5.85. The van der Waals surface area contributed by atoms with Crippen LogP contribution in [-0.2, 0) is 6.61 Å². The molecule has 6 heteroatoms. The lowest BCUT2D eigenvalue weighted by Crippen LogP contribution is -2.48. The molecule has 0 radical (unpaired) electrons. The quantitative estimate of drug-likeness (QED) is 0.630. The standard InChI is InChI=1S/C24H27N5O/c1-17-14-20(15-24(2,3)29-17)27-23-26-13-10-22(28-23)19-4-6-21(7-5-19)30-16-18-8-11-25-12-9-18/h4-13,20,29H,1,14-16H2,2-3H3,(H,26,27,28). The molecule has 1 aromatic carbocycles. The molecule has 0 bridgehead atoms. The molecule has 3 heterocycles. The Balaban J connectivity index is 1.41. The fourth-order valence-electron chi connectivity index (χ4n) is 3.81. The van der Waals surface area contributed by atoms with E-state index in [2.05, 4.69) is 41.0 Å². The average molecular weight is 402 g/mol. The molecule has 6 nitrogen and oxygen atoms in total. The first-order valence-electron chi connectivity index (χ1n) is 10.1. The molecule has 1 aliphatic rings.